The topological polar surface area (TPSA) is 69.3 Å². The number of aryl methyl sites for hydroxylation is 1. The Kier molecular flexibility index (Phi) is 6.44. The number of hydrogen-bond donors (Lipinski definition) is 1. The summed E-state index contributed by atoms with van der Waals surface area (Å²) >= 11 is 0. The van der Waals surface area contributed by atoms with Crippen molar-refractivity contribution < 1.29 is 26.0 Å². The van der Waals surface area contributed by atoms with Gasteiger partial charge in [0.1, 0.15) is 5.82 Å². The zero-order valence-electron chi connectivity index (χ0n) is 17.5. The summed E-state index contributed by atoms with van der Waals surface area (Å²) in [7, 11) is -5.62. The molecule has 0 saturated carbocycles. The van der Waals surface area contributed by atoms with Gasteiger partial charge in [0, 0.05) is 31.0 Å². The Labute approximate surface area is 188 Å². The van der Waals surface area contributed by atoms with E-state index in [4.69, 9.17) is 0 Å². The lowest BCUT2D eigenvalue weighted by Crippen LogP contribution is -2.47. The number of hydrogen-bond acceptors (Lipinski definition) is 4. The van der Waals surface area contributed by atoms with Gasteiger partial charge in [-0.25, -0.2) is 17.8 Å². The Morgan fingerprint density at radius 2 is 1.88 bits per heavy atom. The number of benzene rings is 2. The number of aromatic nitrogens is 2. The highest BCUT2D eigenvalue weighted by Crippen LogP contribution is 2.36. The minimum Gasteiger partial charge on any atom is -0.361 e. The number of nitrogens with zero attached hydrogens (tertiary/aromatic N) is 3. The second kappa shape index (κ2) is 9.14. The number of aromatic amines is 1. The molecule has 0 bridgehead atoms. The largest absolute Gasteiger partial charge is 0.511 e. The second-order valence-electron chi connectivity index (χ2n) is 7.90. The van der Waals surface area contributed by atoms with Crippen molar-refractivity contribution in [3.8, 4) is 0 Å². The molecule has 4 rings (SSSR count). The Morgan fingerprint density at radius 3 is 2.55 bits per heavy atom. The van der Waals surface area contributed by atoms with E-state index >= 15 is 0 Å². The van der Waals surface area contributed by atoms with Gasteiger partial charge in [-0.1, -0.05) is 30.3 Å². The predicted octanol–water partition coefficient (Wildman–Crippen LogP) is 4.22. The van der Waals surface area contributed by atoms with Crippen LogP contribution in [0.25, 0.3) is 0 Å². The minimum atomic E-state index is -5.62. The van der Waals surface area contributed by atoms with Crippen molar-refractivity contribution in [2.75, 3.05) is 11.4 Å². The highest BCUT2D eigenvalue weighted by atomic mass is 32.2. The van der Waals surface area contributed by atoms with Crippen LogP contribution in [-0.2, 0) is 29.5 Å². The van der Waals surface area contributed by atoms with E-state index in [-0.39, 0.29) is 18.7 Å². The van der Waals surface area contributed by atoms with Gasteiger partial charge in [0.15, 0.2) is 0 Å². The van der Waals surface area contributed by atoms with Crippen LogP contribution >= 0.6 is 0 Å². The Morgan fingerprint density at radius 1 is 1.12 bits per heavy atom. The number of nitrogens with one attached hydrogen (secondary N) is 1. The summed E-state index contributed by atoms with van der Waals surface area (Å²) in [4.78, 5) is 8.79. The van der Waals surface area contributed by atoms with Crippen LogP contribution in [0.3, 0.4) is 0 Å². The smallest absolute Gasteiger partial charge is 0.361 e. The molecule has 0 aliphatic carbocycles. The van der Waals surface area contributed by atoms with Crippen LogP contribution in [0.5, 0.6) is 0 Å². The van der Waals surface area contributed by atoms with Crippen molar-refractivity contribution in [2.45, 2.75) is 37.5 Å². The monoisotopic (exact) mass is 482 g/mol. The molecule has 0 saturated heterocycles. The highest BCUT2D eigenvalue weighted by Gasteiger charge is 2.51. The van der Waals surface area contributed by atoms with Crippen LogP contribution in [0.1, 0.15) is 23.2 Å². The minimum absolute atomic E-state index is 0.171. The lowest BCUT2D eigenvalue weighted by atomic mass is 10.0. The number of alkyl halides is 3. The molecule has 11 heteroatoms. The van der Waals surface area contributed by atoms with E-state index in [0.717, 1.165) is 11.6 Å². The number of H-pyrrole nitrogens is 1. The number of anilines is 1. The maximum Gasteiger partial charge on any atom is 0.511 e. The molecule has 1 aliphatic rings. The number of imidazole rings is 1. The van der Waals surface area contributed by atoms with Crippen molar-refractivity contribution >= 4 is 15.7 Å². The zero-order valence-corrected chi connectivity index (χ0v) is 18.3. The molecule has 1 aromatic heterocycles. The highest BCUT2D eigenvalue weighted by molar-refractivity contribution is 7.89. The fourth-order valence-corrected chi connectivity index (χ4v) is 5.04. The first-order chi connectivity index (χ1) is 15.6. The van der Waals surface area contributed by atoms with Crippen LogP contribution in [0.15, 0.2) is 61.1 Å². The summed E-state index contributed by atoms with van der Waals surface area (Å²) in [5.74, 6) is -0.651. The Hall–Kier alpha value is -2.92. The first-order valence-electron chi connectivity index (χ1n) is 10.3. The molecule has 2 aromatic carbocycles. The van der Waals surface area contributed by atoms with Crippen LogP contribution in [0.2, 0.25) is 0 Å². The second-order valence-corrected chi connectivity index (χ2v) is 9.83. The van der Waals surface area contributed by atoms with E-state index in [2.05, 4.69) is 9.97 Å². The molecule has 3 aromatic rings. The first-order valence-corrected chi connectivity index (χ1v) is 11.7. The van der Waals surface area contributed by atoms with Gasteiger partial charge in [-0.3, -0.25) is 0 Å². The van der Waals surface area contributed by atoms with Gasteiger partial charge in [0.05, 0.1) is 18.6 Å². The van der Waals surface area contributed by atoms with Crippen LogP contribution < -0.4 is 4.90 Å². The van der Waals surface area contributed by atoms with Crippen molar-refractivity contribution in [1.29, 1.82) is 0 Å². The molecule has 0 fully saturated rings. The molecule has 33 heavy (non-hydrogen) atoms. The van der Waals surface area contributed by atoms with Crippen molar-refractivity contribution in [3.63, 3.8) is 0 Å². The van der Waals surface area contributed by atoms with Gasteiger partial charge < -0.3 is 9.88 Å². The predicted molar refractivity (Wildman–Crippen MR) is 115 cm³/mol. The van der Waals surface area contributed by atoms with Gasteiger partial charge in [-0.05, 0) is 42.2 Å². The van der Waals surface area contributed by atoms with Crippen molar-refractivity contribution in [1.82, 2.24) is 14.3 Å². The number of fused-ring (bicyclic) bond motifs is 1. The summed E-state index contributed by atoms with van der Waals surface area (Å²) in [6, 6.07) is 12.6. The average molecular weight is 483 g/mol. The third-order valence-corrected chi connectivity index (χ3v) is 7.23. The van der Waals surface area contributed by atoms with E-state index in [1.807, 2.05) is 35.2 Å². The lowest BCUT2D eigenvalue weighted by Gasteiger charge is -2.34. The van der Waals surface area contributed by atoms with E-state index in [0.29, 0.717) is 28.5 Å². The molecule has 176 valence electrons. The molecular weight excluding hydrogens is 460 g/mol. The average Bonchev–Trinajstić information content (AvgIpc) is 3.22. The number of rotatable bonds is 6. The molecule has 0 spiro atoms. The number of halogens is 4. The van der Waals surface area contributed by atoms with Gasteiger partial charge in [0.2, 0.25) is 0 Å². The van der Waals surface area contributed by atoms with Crippen molar-refractivity contribution in [2.24, 2.45) is 0 Å². The maximum atomic E-state index is 14.0. The fourth-order valence-electron chi connectivity index (χ4n) is 4.07. The van der Waals surface area contributed by atoms with E-state index < -0.39 is 33.9 Å². The van der Waals surface area contributed by atoms with Gasteiger partial charge in [0.25, 0.3) is 0 Å². The molecule has 1 aliphatic heterocycles. The summed E-state index contributed by atoms with van der Waals surface area (Å²) in [5, 5.41) is 0. The maximum absolute atomic E-state index is 14.0. The molecule has 0 unspecified atom stereocenters. The third-order valence-electron chi connectivity index (χ3n) is 5.69. The quantitative estimate of drug-likeness (QED) is 0.534. The molecule has 0 amide bonds. The van der Waals surface area contributed by atoms with Gasteiger partial charge in [-0.2, -0.15) is 17.5 Å². The molecule has 2 heterocycles. The van der Waals surface area contributed by atoms with E-state index in [1.54, 1.807) is 6.20 Å². The van der Waals surface area contributed by atoms with E-state index in [1.165, 1.54) is 18.5 Å². The number of sulfonamides is 1. The molecule has 1 atom stereocenters. The molecule has 6 nitrogen and oxygen atoms in total. The SMILES string of the molecule is O=S(=O)(N1Cc2cc(F)ccc2N(Cc2cnc[nH]2)[C@@H](CCc2ccccc2)C1)C(F)(F)F. The zero-order chi connectivity index (χ0) is 23.6. The molecular formula is C22H22F4N4O2S. The van der Waals surface area contributed by atoms with Crippen LogP contribution in [0, 0.1) is 5.82 Å². The fraction of sp³-hybridized carbons (Fsp3) is 0.318. The standard InChI is InChI=1S/C22H22F4N4O2S/c23-18-7-9-21-17(10-18)12-29(33(31,32)22(24,25)26)14-20(8-6-16-4-2-1-3-5-16)30(21)13-19-11-27-15-28-19/h1-5,7,9-11,15,20H,6,8,12-14H2,(H,27,28)/t20-/m0/s1. The van der Waals surface area contributed by atoms with Gasteiger partial charge in [-0.15, -0.1) is 0 Å². The van der Waals surface area contributed by atoms with Crippen LogP contribution in [-0.4, -0.2) is 40.8 Å². The lowest BCUT2D eigenvalue weighted by molar-refractivity contribution is -0.0492. The van der Waals surface area contributed by atoms with Gasteiger partial charge >= 0.3 is 15.5 Å². The molecule has 1 N–H and O–H groups in total. The summed E-state index contributed by atoms with van der Waals surface area (Å²) < 4.78 is 79.5. The molecule has 0 radical (unpaired) electrons. The Bertz CT molecular complexity index is 1180. The van der Waals surface area contributed by atoms with Crippen molar-refractivity contribution in [3.05, 3.63) is 83.7 Å². The normalized spacial score (nSPS) is 17.6. The summed E-state index contributed by atoms with van der Waals surface area (Å²) in [6.07, 6.45) is 3.99. The van der Waals surface area contributed by atoms with E-state index in [9.17, 15) is 26.0 Å². The Balaban J connectivity index is 1.76. The summed E-state index contributed by atoms with van der Waals surface area (Å²) in [5.41, 5.74) is -3.12. The summed E-state index contributed by atoms with van der Waals surface area (Å²) in [6.45, 7) is -0.715. The van der Waals surface area contributed by atoms with Crippen LogP contribution in [0.4, 0.5) is 23.2 Å². The third kappa shape index (κ3) is 5.03. The first kappa shape index (κ1) is 23.2.